The number of halogens is 1. The average Bonchev–Trinajstić information content (AvgIpc) is 2.74. The maximum atomic E-state index is 12.1. The van der Waals surface area contributed by atoms with E-state index in [0.717, 1.165) is 31.7 Å². The summed E-state index contributed by atoms with van der Waals surface area (Å²) in [5.74, 6) is 1.95. The highest BCUT2D eigenvalue weighted by atomic mass is 35.5. The molecule has 2 rings (SSSR count). The van der Waals surface area contributed by atoms with E-state index in [1.807, 2.05) is 16.7 Å². The SMILES string of the molecule is CC1CN(C(=O)C2CCCS2)CCC1Cl. The summed E-state index contributed by atoms with van der Waals surface area (Å²) in [6.45, 7) is 3.84. The van der Waals surface area contributed by atoms with Gasteiger partial charge in [-0.25, -0.2) is 0 Å². The normalized spacial score (nSPS) is 36.9. The number of piperidine rings is 1. The Kier molecular flexibility index (Phi) is 3.83. The second-order valence-electron chi connectivity index (χ2n) is 4.57. The van der Waals surface area contributed by atoms with Gasteiger partial charge in [0.15, 0.2) is 0 Å². The third-order valence-electron chi connectivity index (χ3n) is 3.32. The first-order valence-electron chi connectivity index (χ1n) is 5.73. The van der Waals surface area contributed by atoms with E-state index in [9.17, 15) is 4.79 Å². The highest BCUT2D eigenvalue weighted by Gasteiger charge is 2.32. The molecule has 1 amide bonds. The van der Waals surface area contributed by atoms with Gasteiger partial charge >= 0.3 is 0 Å². The molecule has 2 heterocycles. The molecule has 0 aromatic rings. The zero-order chi connectivity index (χ0) is 10.8. The molecule has 4 heteroatoms. The van der Waals surface area contributed by atoms with Gasteiger partial charge in [0.25, 0.3) is 0 Å². The second kappa shape index (κ2) is 4.96. The predicted octanol–water partition coefficient (Wildman–Crippen LogP) is 2.36. The molecule has 0 bridgehead atoms. The maximum absolute atomic E-state index is 12.1. The van der Waals surface area contributed by atoms with Gasteiger partial charge in [-0.05, 0) is 30.9 Å². The Hall–Kier alpha value is 0.110. The van der Waals surface area contributed by atoms with Crippen molar-refractivity contribution in [3.05, 3.63) is 0 Å². The number of nitrogens with zero attached hydrogens (tertiary/aromatic N) is 1. The molecule has 0 N–H and O–H groups in total. The number of amides is 1. The Morgan fingerprint density at radius 2 is 2.27 bits per heavy atom. The second-order valence-corrected chi connectivity index (χ2v) is 6.44. The molecular weight excluding hydrogens is 230 g/mol. The first-order chi connectivity index (χ1) is 7.18. The Balaban J connectivity index is 1.90. The van der Waals surface area contributed by atoms with E-state index in [4.69, 9.17) is 11.6 Å². The van der Waals surface area contributed by atoms with E-state index in [1.165, 1.54) is 6.42 Å². The molecule has 15 heavy (non-hydrogen) atoms. The molecule has 2 fully saturated rings. The van der Waals surface area contributed by atoms with Gasteiger partial charge in [-0.15, -0.1) is 23.4 Å². The van der Waals surface area contributed by atoms with Gasteiger partial charge in [-0.1, -0.05) is 6.92 Å². The number of hydrogen-bond donors (Lipinski definition) is 0. The molecule has 2 aliphatic rings. The average molecular weight is 248 g/mol. The molecule has 2 nitrogen and oxygen atoms in total. The third kappa shape index (κ3) is 2.62. The fraction of sp³-hybridized carbons (Fsp3) is 0.909. The van der Waals surface area contributed by atoms with Crippen molar-refractivity contribution in [2.24, 2.45) is 5.92 Å². The lowest BCUT2D eigenvalue weighted by atomic mass is 9.99. The fourth-order valence-corrected chi connectivity index (χ4v) is 3.71. The molecule has 2 saturated heterocycles. The Bertz CT molecular complexity index is 243. The van der Waals surface area contributed by atoms with Crippen molar-refractivity contribution in [2.75, 3.05) is 18.8 Å². The van der Waals surface area contributed by atoms with Crippen LogP contribution in [0.2, 0.25) is 0 Å². The minimum Gasteiger partial charge on any atom is -0.341 e. The van der Waals surface area contributed by atoms with E-state index in [0.29, 0.717) is 11.8 Å². The van der Waals surface area contributed by atoms with E-state index in [-0.39, 0.29) is 10.6 Å². The van der Waals surface area contributed by atoms with Crippen LogP contribution >= 0.6 is 23.4 Å². The van der Waals surface area contributed by atoms with Gasteiger partial charge in [0, 0.05) is 18.5 Å². The first-order valence-corrected chi connectivity index (χ1v) is 7.21. The minimum absolute atomic E-state index is 0.240. The molecule has 0 radical (unpaired) electrons. The molecule has 3 atom stereocenters. The molecule has 2 aliphatic heterocycles. The van der Waals surface area contributed by atoms with Crippen molar-refractivity contribution >= 4 is 29.3 Å². The van der Waals surface area contributed by atoms with E-state index in [1.54, 1.807) is 0 Å². The zero-order valence-electron chi connectivity index (χ0n) is 9.12. The topological polar surface area (TPSA) is 20.3 Å². The number of alkyl halides is 1. The summed E-state index contributed by atoms with van der Waals surface area (Å²) < 4.78 is 0. The van der Waals surface area contributed by atoms with Crippen molar-refractivity contribution in [1.29, 1.82) is 0 Å². The Labute approximate surface area is 101 Å². The summed E-state index contributed by atoms with van der Waals surface area (Å²) in [4.78, 5) is 14.1. The lowest BCUT2D eigenvalue weighted by molar-refractivity contribution is -0.132. The monoisotopic (exact) mass is 247 g/mol. The third-order valence-corrected chi connectivity index (χ3v) is 5.33. The summed E-state index contributed by atoms with van der Waals surface area (Å²) in [7, 11) is 0. The zero-order valence-corrected chi connectivity index (χ0v) is 10.7. The highest BCUT2D eigenvalue weighted by Crippen LogP contribution is 2.30. The summed E-state index contributed by atoms with van der Waals surface area (Å²) in [5, 5.41) is 0.495. The molecular formula is C11H18ClNOS. The van der Waals surface area contributed by atoms with Crippen LogP contribution in [0.5, 0.6) is 0 Å². The van der Waals surface area contributed by atoms with Crippen LogP contribution in [0.25, 0.3) is 0 Å². The predicted molar refractivity (Wildman–Crippen MR) is 65.5 cm³/mol. The van der Waals surface area contributed by atoms with E-state index >= 15 is 0 Å². The van der Waals surface area contributed by atoms with Gasteiger partial charge in [-0.2, -0.15) is 0 Å². The minimum atomic E-state index is 0.240. The van der Waals surface area contributed by atoms with Crippen molar-refractivity contribution < 1.29 is 4.79 Å². The Morgan fingerprint density at radius 3 is 2.87 bits per heavy atom. The number of likely N-dealkylation sites (tertiary alicyclic amines) is 1. The molecule has 0 aromatic carbocycles. The van der Waals surface area contributed by atoms with Crippen LogP contribution < -0.4 is 0 Å². The van der Waals surface area contributed by atoms with Crippen molar-refractivity contribution in [1.82, 2.24) is 4.90 Å². The molecule has 0 aliphatic carbocycles. The summed E-state index contributed by atoms with van der Waals surface area (Å²) >= 11 is 7.98. The van der Waals surface area contributed by atoms with Crippen LogP contribution in [-0.4, -0.2) is 40.3 Å². The maximum Gasteiger partial charge on any atom is 0.235 e. The largest absolute Gasteiger partial charge is 0.341 e. The first kappa shape index (κ1) is 11.6. The number of thioether (sulfide) groups is 1. The van der Waals surface area contributed by atoms with Crippen LogP contribution in [0.1, 0.15) is 26.2 Å². The lowest BCUT2D eigenvalue weighted by Gasteiger charge is -2.35. The Morgan fingerprint density at radius 1 is 1.47 bits per heavy atom. The van der Waals surface area contributed by atoms with Gasteiger partial charge in [0.2, 0.25) is 5.91 Å². The number of hydrogen-bond acceptors (Lipinski definition) is 2. The number of carbonyl (C=O) groups excluding carboxylic acids is 1. The highest BCUT2D eigenvalue weighted by molar-refractivity contribution is 8.00. The quantitative estimate of drug-likeness (QED) is 0.663. The van der Waals surface area contributed by atoms with Crippen molar-refractivity contribution in [3.63, 3.8) is 0 Å². The molecule has 86 valence electrons. The summed E-state index contributed by atoms with van der Waals surface area (Å²) in [6, 6.07) is 0. The smallest absolute Gasteiger partial charge is 0.235 e. The standard InChI is InChI=1S/C11H18ClNOS/c1-8-7-13(5-4-9(8)12)11(14)10-3-2-6-15-10/h8-10H,2-7H2,1H3. The number of rotatable bonds is 1. The van der Waals surface area contributed by atoms with Gasteiger partial charge < -0.3 is 4.90 Å². The van der Waals surface area contributed by atoms with Crippen LogP contribution in [0.15, 0.2) is 0 Å². The van der Waals surface area contributed by atoms with Crippen molar-refractivity contribution in [2.45, 2.75) is 36.8 Å². The van der Waals surface area contributed by atoms with E-state index in [2.05, 4.69) is 6.92 Å². The molecule has 0 spiro atoms. The fourth-order valence-electron chi connectivity index (χ4n) is 2.29. The number of carbonyl (C=O) groups is 1. The van der Waals surface area contributed by atoms with Crippen LogP contribution in [0, 0.1) is 5.92 Å². The van der Waals surface area contributed by atoms with Crippen LogP contribution in [0.3, 0.4) is 0 Å². The molecule has 0 aromatic heterocycles. The lowest BCUT2D eigenvalue weighted by Crippen LogP contribution is -2.46. The van der Waals surface area contributed by atoms with Gasteiger partial charge in [0.05, 0.1) is 5.25 Å². The summed E-state index contributed by atoms with van der Waals surface area (Å²) in [5.41, 5.74) is 0. The van der Waals surface area contributed by atoms with Gasteiger partial charge in [-0.3, -0.25) is 4.79 Å². The van der Waals surface area contributed by atoms with Crippen LogP contribution in [-0.2, 0) is 4.79 Å². The van der Waals surface area contributed by atoms with E-state index < -0.39 is 0 Å². The van der Waals surface area contributed by atoms with Crippen molar-refractivity contribution in [3.8, 4) is 0 Å². The molecule has 0 saturated carbocycles. The van der Waals surface area contributed by atoms with Gasteiger partial charge in [0.1, 0.15) is 0 Å². The van der Waals surface area contributed by atoms with Crippen LogP contribution in [0.4, 0.5) is 0 Å². The molecule has 3 unspecified atom stereocenters. The summed E-state index contributed by atoms with van der Waals surface area (Å²) in [6.07, 6.45) is 3.22.